The molecule has 4 rings (SSSR count). The average Bonchev–Trinajstić information content (AvgIpc) is 2.69. The molecule has 2 saturated heterocycles. The standard InChI is InChI=1S/C24H28F2N4O2/c1-16(2)29-13-21(31)30(12-18-5-7-19(8-6-18)23(4,25)26)24(22(29)32)14-28(15-24)20-9-10-27-17(3)11-20/h5-11,16H,12-15H2,1-4H3. The fourth-order valence-corrected chi connectivity index (χ4v) is 4.47. The second-order valence-corrected chi connectivity index (χ2v) is 9.14. The Morgan fingerprint density at radius 3 is 2.34 bits per heavy atom. The Balaban J connectivity index is 1.62. The number of amides is 2. The van der Waals surface area contributed by atoms with Crippen LogP contribution in [0.5, 0.6) is 0 Å². The highest BCUT2D eigenvalue weighted by Crippen LogP contribution is 2.38. The van der Waals surface area contributed by atoms with Gasteiger partial charge in [-0.25, -0.2) is 8.78 Å². The quantitative estimate of drug-likeness (QED) is 0.713. The minimum absolute atomic E-state index is 0.0255. The van der Waals surface area contributed by atoms with Crippen LogP contribution in [-0.4, -0.2) is 57.8 Å². The lowest BCUT2D eigenvalue weighted by Gasteiger charge is -2.59. The summed E-state index contributed by atoms with van der Waals surface area (Å²) >= 11 is 0. The van der Waals surface area contributed by atoms with Crippen molar-refractivity contribution in [1.29, 1.82) is 0 Å². The van der Waals surface area contributed by atoms with Gasteiger partial charge in [0.2, 0.25) is 5.91 Å². The van der Waals surface area contributed by atoms with Crippen LogP contribution in [0, 0.1) is 6.92 Å². The van der Waals surface area contributed by atoms with Gasteiger partial charge >= 0.3 is 0 Å². The maximum Gasteiger partial charge on any atom is 0.270 e. The fourth-order valence-electron chi connectivity index (χ4n) is 4.47. The number of aromatic nitrogens is 1. The van der Waals surface area contributed by atoms with E-state index >= 15 is 0 Å². The minimum atomic E-state index is -2.93. The number of halogens is 2. The first-order chi connectivity index (χ1) is 15.0. The number of rotatable bonds is 5. The van der Waals surface area contributed by atoms with E-state index < -0.39 is 11.5 Å². The molecule has 0 atom stereocenters. The first kappa shape index (κ1) is 22.2. The van der Waals surface area contributed by atoms with Crippen LogP contribution in [0.15, 0.2) is 42.6 Å². The molecule has 1 aromatic carbocycles. The zero-order chi connectivity index (χ0) is 23.3. The van der Waals surface area contributed by atoms with Crippen molar-refractivity contribution in [3.8, 4) is 0 Å². The molecule has 0 N–H and O–H groups in total. The van der Waals surface area contributed by atoms with E-state index in [1.165, 1.54) is 12.1 Å². The summed E-state index contributed by atoms with van der Waals surface area (Å²) in [6.07, 6.45) is 1.73. The number of hydrogen-bond acceptors (Lipinski definition) is 4. The molecule has 2 amide bonds. The van der Waals surface area contributed by atoms with Gasteiger partial charge in [0.15, 0.2) is 5.54 Å². The number of benzene rings is 1. The highest BCUT2D eigenvalue weighted by Gasteiger charge is 2.59. The Morgan fingerprint density at radius 1 is 1.12 bits per heavy atom. The Hall–Kier alpha value is -3.03. The fraction of sp³-hybridized carbons (Fsp3) is 0.458. The van der Waals surface area contributed by atoms with E-state index in [1.54, 1.807) is 28.1 Å². The summed E-state index contributed by atoms with van der Waals surface area (Å²) in [5, 5.41) is 0. The van der Waals surface area contributed by atoms with Crippen LogP contribution in [-0.2, 0) is 22.1 Å². The van der Waals surface area contributed by atoms with Crippen LogP contribution < -0.4 is 4.90 Å². The number of piperazine rings is 1. The van der Waals surface area contributed by atoms with Crippen molar-refractivity contribution in [1.82, 2.24) is 14.8 Å². The normalized spacial score (nSPS) is 18.5. The Morgan fingerprint density at radius 2 is 1.78 bits per heavy atom. The first-order valence-electron chi connectivity index (χ1n) is 10.8. The van der Waals surface area contributed by atoms with Crippen molar-refractivity contribution in [3.63, 3.8) is 0 Å². The zero-order valence-electron chi connectivity index (χ0n) is 18.8. The van der Waals surface area contributed by atoms with Gasteiger partial charge < -0.3 is 14.7 Å². The van der Waals surface area contributed by atoms with Crippen LogP contribution in [0.2, 0.25) is 0 Å². The van der Waals surface area contributed by atoms with E-state index in [-0.39, 0.29) is 36.5 Å². The molecule has 0 saturated carbocycles. The molecule has 2 fully saturated rings. The van der Waals surface area contributed by atoms with Crippen molar-refractivity contribution in [2.45, 2.75) is 51.7 Å². The largest absolute Gasteiger partial charge is 0.365 e. The number of pyridine rings is 1. The van der Waals surface area contributed by atoms with Gasteiger partial charge in [-0.2, -0.15) is 0 Å². The molecule has 1 aromatic heterocycles. The van der Waals surface area contributed by atoms with E-state index in [2.05, 4.69) is 9.88 Å². The lowest BCUT2D eigenvalue weighted by molar-refractivity contribution is -0.170. The number of anilines is 1. The predicted molar refractivity (Wildman–Crippen MR) is 117 cm³/mol. The molecular weight excluding hydrogens is 414 g/mol. The molecule has 32 heavy (non-hydrogen) atoms. The molecule has 0 unspecified atom stereocenters. The van der Waals surface area contributed by atoms with Gasteiger partial charge in [-0.05, 0) is 38.5 Å². The predicted octanol–water partition coefficient (Wildman–Crippen LogP) is 3.34. The maximum absolute atomic E-state index is 13.6. The molecule has 170 valence electrons. The molecule has 0 aliphatic carbocycles. The molecule has 0 radical (unpaired) electrons. The van der Waals surface area contributed by atoms with Gasteiger partial charge in [-0.3, -0.25) is 14.6 Å². The van der Waals surface area contributed by atoms with Crippen LogP contribution in [0.3, 0.4) is 0 Å². The number of aryl methyl sites for hydroxylation is 1. The number of carbonyl (C=O) groups is 2. The Bertz CT molecular complexity index is 1030. The maximum atomic E-state index is 13.6. The van der Waals surface area contributed by atoms with Crippen molar-refractivity contribution < 1.29 is 18.4 Å². The van der Waals surface area contributed by atoms with Crippen LogP contribution in [0.25, 0.3) is 0 Å². The number of alkyl halides is 2. The Labute approximate surface area is 186 Å². The minimum Gasteiger partial charge on any atom is -0.365 e. The third-order valence-electron chi connectivity index (χ3n) is 6.36. The summed E-state index contributed by atoms with van der Waals surface area (Å²) in [5.74, 6) is -3.12. The van der Waals surface area contributed by atoms with Gasteiger partial charge in [0.25, 0.3) is 11.8 Å². The van der Waals surface area contributed by atoms with Crippen molar-refractivity contribution in [3.05, 3.63) is 59.4 Å². The molecule has 0 bridgehead atoms. The lowest BCUT2D eigenvalue weighted by Crippen LogP contribution is -2.81. The highest BCUT2D eigenvalue weighted by atomic mass is 19.3. The number of carbonyl (C=O) groups excluding carboxylic acids is 2. The number of nitrogens with zero attached hydrogens (tertiary/aromatic N) is 4. The highest BCUT2D eigenvalue weighted by molar-refractivity contribution is 6.00. The van der Waals surface area contributed by atoms with Gasteiger partial charge in [0.05, 0.1) is 13.1 Å². The second-order valence-electron chi connectivity index (χ2n) is 9.14. The third-order valence-corrected chi connectivity index (χ3v) is 6.36. The second kappa shape index (κ2) is 7.83. The number of hydrogen-bond donors (Lipinski definition) is 0. The van der Waals surface area contributed by atoms with Crippen molar-refractivity contribution in [2.75, 3.05) is 24.5 Å². The van der Waals surface area contributed by atoms with Gasteiger partial charge in [-0.1, -0.05) is 24.3 Å². The molecule has 2 aliphatic rings. The molecule has 6 nitrogen and oxygen atoms in total. The van der Waals surface area contributed by atoms with Crippen LogP contribution in [0.4, 0.5) is 14.5 Å². The van der Waals surface area contributed by atoms with Crippen LogP contribution in [0.1, 0.15) is 37.6 Å². The summed E-state index contributed by atoms with van der Waals surface area (Å²) < 4.78 is 27.1. The summed E-state index contributed by atoms with van der Waals surface area (Å²) in [6.45, 7) is 7.57. The van der Waals surface area contributed by atoms with Crippen molar-refractivity contribution in [2.24, 2.45) is 0 Å². The summed E-state index contributed by atoms with van der Waals surface area (Å²) in [4.78, 5) is 36.3. The third kappa shape index (κ3) is 3.82. The van der Waals surface area contributed by atoms with Gasteiger partial charge in [-0.15, -0.1) is 0 Å². The smallest absolute Gasteiger partial charge is 0.270 e. The molecular formula is C24H28F2N4O2. The molecule has 2 aromatic rings. The zero-order valence-corrected chi connectivity index (χ0v) is 18.8. The SMILES string of the molecule is Cc1cc(N2CC3(C2)C(=O)N(C(C)C)CC(=O)N3Cc2ccc(C(C)(F)F)cc2)ccn1. The molecule has 3 heterocycles. The van der Waals surface area contributed by atoms with E-state index in [0.29, 0.717) is 13.1 Å². The van der Waals surface area contributed by atoms with Crippen LogP contribution >= 0.6 is 0 Å². The van der Waals surface area contributed by atoms with E-state index in [9.17, 15) is 18.4 Å². The summed E-state index contributed by atoms with van der Waals surface area (Å²) in [5.41, 5.74) is 1.51. The molecule has 2 aliphatic heterocycles. The lowest BCUT2D eigenvalue weighted by atomic mass is 9.82. The molecule has 8 heteroatoms. The Kier molecular flexibility index (Phi) is 5.43. The topological polar surface area (TPSA) is 56.8 Å². The van der Waals surface area contributed by atoms with Gasteiger partial charge in [0.1, 0.15) is 6.54 Å². The summed E-state index contributed by atoms with van der Waals surface area (Å²) in [7, 11) is 0. The van der Waals surface area contributed by atoms with E-state index in [1.807, 2.05) is 32.9 Å². The average molecular weight is 443 g/mol. The van der Waals surface area contributed by atoms with E-state index in [0.717, 1.165) is 23.9 Å². The molecule has 1 spiro atoms. The van der Waals surface area contributed by atoms with Gasteiger partial charge in [0, 0.05) is 42.7 Å². The first-order valence-corrected chi connectivity index (χ1v) is 10.8. The monoisotopic (exact) mass is 442 g/mol. The van der Waals surface area contributed by atoms with E-state index in [4.69, 9.17) is 0 Å². The van der Waals surface area contributed by atoms with Crippen molar-refractivity contribution >= 4 is 17.5 Å². The summed E-state index contributed by atoms with van der Waals surface area (Å²) in [6, 6.07) is 9.73.